The Kier molecular flexibility index (Phi) is 3.64. The van der Waals surface area contributed by atoms with Crippen LogP contribution in [0.1, 0.15) is 16.8 Å². The van der Waals surface area contributed by atoms with Crippen LogP contribution in [0.4, 0.5) is 0 Å². The van der Waals surface area contributed by atoms with Crippen LogP contribution in [0.15, 0.2) is 24.3 Å². The topological polar surface area (TPSA) is 49.8 Å². The summed E-state index contributed by atoms with van der Waals surface area (Å²) in [4.78, 5) is 12.9. The number of ether oxygens (including phenoxy) is 1. The molecule has 1 aliphatic heterocycles. The molecule has 1 N–H and O–H groups in total. The third kappa shape index (κ3) is 3.20. The fraction of sp³-hybridized carbons (Fsp3) is 0.462. The summed E-state index contributed by atoms with van der Waals surface area (Å²) in [5.74, 6) is 0.579. The first-order chi connectivity index (χ1) is 8.15. The summed E-state index contributed by atoms with van der Waals surface area (Å²) in [6, 6.07) is 6.54. The van der Waals surface area contributed by atoms with Gasteiger partial charge < -0.3 is 14.7 Å². The third-order valence-electron chi connectivity index (χ3n) is 3.04. The average molecular weight is 235 g/mol. The quantitative estimate of drug-likeness (QED) is 0.844. The number of carboxylic acids is 1. The van der Waals surface area contributed by atoms with E-state index in [-0.39, 0.29) is 5.56 Å². The first-order valence-corrected chi connectivity index (χ1v) is 5.80. The van der Waals surface area contributed by atoms with E-state index in [1.165, 1.54) is 0 Å². The lowest BCUT2D eigenvalue weighted by atomic mass is 9.98. The molecule has 1 aliphatic rings. The summed E-state index contributed by atoms with van der Waals surface area (Å²) in [5, 5.41) is 8.74. The first-order valence-electron chi connectivity index (χ1n) is 5.80. The largest absolute Gasteiger partial charge is 0.494 e. The molecule has 1 aromatic rings. The van der Waals surface area contributed by atoms with Crippen molar-refractivity contribution < 1.29 is 14.6 Å². The van der Waals surface area contributed by atoms with Gasteiger partial charge in [0, 0.05) is 13.1 Å². The zero-order chi connectivity index (χ0) is 12.3. The van der Waals surface area contributed by atoms with Crippen molar-refractivity contribution in [2.24, 2.45) is 5.92 Å². The minimum absolute atomic E-state index is 0.290. The minimum Gasteiger partial charge on any atom is -0.494 e. The van der Waals surface area contributed by atoms with E-state index in [0.717, 1.165) is 31.2 Å². The molecular formula is C13H17NO3. The van der Waals surface area contributed by atoms with E-state index in [2.05, 4.69) is 11.9 Å². The summed E-state index contributed by atoms with van der Waals surface area (Å²) in [5.41, 5.74) is 0.290. The van der Waals surface area contributed by atoms with Gasteiger partial charge in [-0.1, -0.05) is 0 Å². The lowest BCUT2D eigenvalue weighted by Gasteiger charge is -2.36. The van der Waals surface area contributed by atoms with Crippen LogP contribution in [-0.4, -0.2) is 42.7 Å². The first kappa shape index (κ1) is 11.9. The second kappa shape index (κ2) is 5.19. The van der Waals surface area contributed by atoms with Crippen LogP contribution in [0.25, 0.3) is 0 Å². The molecule has 92 valence electrons. The summed E-state index contributed by atoms with van der Waals surface area (Å²) in [7, 11) is 2.11. The molecule has 4 nitrogen and oxygen atoms in total. The van der Waals surface area contributed by atoms with Crippen molar-refractivity contribution in [1.29, 1.82) is 0 Å². The molecule has 0 amide bonds. The summed E-state index contributed by atoms with van der Waals surface area (Å²) in [6.45, 7) is 3.01. The lowest BCUT2D eigenvalue weighted by Crippen LogP contribution is -2.44. The SMILES string of the molecule is CN1CC(CCOc2ccc(C(=O)O)cc2)C1. The van der Waals surface area contributed by atoms with Crippen molar-refractivity contribution in [2.45, 2.75) is 6.42 Å². The summed E-state index contributed by atoms with van der Waals surface area (Å²) in [6.07, 6.45) is 1.06. The third-order valence-corrected chi connectivity index (χ3v) is 3.04. The molecule has 1 saturated heterocycles. The predicted molar refractivity (Wildman–Crippen MR) is 64.5 cm³/mol. The fourth-order valence-corrected chi connectivity index (χ4v) is 2.05. The normalized spacial score (nSPS) is 16.5. The molecule has 17 heavy (non-hydrogen) atoms. The highest BCUT2D eigenvalue weighted by Gasteiger charge is 2.22. The lowest BCUT2D eigenvalue weighted by molar-refractivity contribution is 0.0697. The van der Waals surface area contributed by atoms with Crippen molar-refractivity contribution >= 4 is 5.97 Å². The van der Waals surface area contributed by atoms with E-state index in [1.807, 2.05) is 0 Å². The van der Waals surface area contributed by atoms with Crippen LogP contribution >= 0.6 is 0 Å². The predicted octanol–water partition coefficient (Wildman–Crippen LogP) is 1.72. The summed E-state index contributed by atoms with van der Waals surface area (Å²) >= 11 is 0. The molecule has 2 rings (SSSR count). The van der Waals surface area contributed by atoms with Crippen LogP contribution < -0.4 is 4.74 Å². The van der Waals surface area contributed by atoms with Crippen molar-refractivity contribution in [3.63, 3.8) is 0 Å². The van der Waals surface area contributed by atoms with Gasteiger partial charge in [0.1, 0.15) is 5.75 Å². The average Bonchev–Trinajstić information content (AvgIpc) is 2.27. The Bertz CT molecular complexity index is 382. The van der Waals surface area contributed by atoms with Crippen molar-refractivity contribution in [3.05, 3.63) is 29.8 Å². The van der Waals surface area contributed by atoms with Crippen LogP contribution in [0, 0.1) is 5.92 Å². The molecule has 4 heteroatoms. The highest BCUT2D eigenvalue weighted by atomic mass is 16.5. The van der Waals surface area contributed by atoms with E-state index in [0.29, 0.717) is 6.61 Å². The smallest absolute Gasteiger partial charge is 0.335 e. The van der Waals surface area contributed by atoms with Gasteiger partial charge in [-0.15, -0.1) is 0 Å². The maximum absolute atomic E-state index is 10.6. The number of carbonyl (C=O) groups is 1. The molecule has 0 spiro atoms. The Balaban J connectivity index is 1.73. The standard InChI is InChI=1S/C13H17NO3/c1-14-8-10(9-14)6-7-17-12-4-2-11(3-5-12)13(15)16/h2-5,10H,6-9H2,1H3,(H,15,16). The number of aromatic carboxylic acids is 1. The molecule has 0 aromatic heterocycles. The van der Waals surface area contributed by atoms with Gasteiger partial charge in [0.25, 0.3) is 0 Å². The highest BCUT2D eigenvalue weighted by Crippen LogP contribution is 2.18. The number of hydrogen-bond acceptors (Lipinski definition) is 3. The van der Waals surface area contributed by atoms with Crippen LogP contribution in [-0.2, 0) is 0 Å². The van der Waals surface area contributed by atoms with Gasteiger partial charge in [0.2, 0.25) is 0 Å². The Morgan fingerprint density at radius 1 is 1.41 bits per heavy atom. The molecule has 0 saturated carbocycles. The Morgan fingerprint density at radius 2 is 2.06 bits per heavy atom. The molecule has 0 aliphatic carbocycles. The number of hydrogen-bond donors (Lipinski definition) is 1. The number of benzene rings is 1. The zero-order valence-corrected chi connectivity index (χ0v) is 9.93. The van der Waals surface area contributed by atoms with Crippen LogP contribution in [0.2, 0.25) is 0 Å². The van der Waals surface area contributed by atoms with Gasteiger partial charge in [-0.2, -0.15) is 0 Å². The van der Waals surface area contributed by atoms with Crippen LogP contribution in [0.3, 0.4) is 0 Å². The van der Waals surface area contributed by atoms with Crippen molar-refractivity contribution in [2.75, 3.05) is 26.7 Å². The highest BCUT2D eigenvalue weighted by molar-refractivity contribution is 5.87. The molecular weight excluding hydrogens is 218 g/mol. The molecule has 1 fully saturated rings. The van der Waals surface area contributed by atoms with Gasteiger partial charge in [-0.3, -0.25) is 0 Å². The van der Waals surface area contributed by atoms with E-state index < -0.39 is 5.97 Å². The van der Waals surface area contributed by atoms with Gasteiger partial charge in [0.05, 0.1) is 12.2 Å². The van der Waals surface area contributed by atoms with Gasteiger partial charge in [-0.25, -0.2) is 4.79 Å². The number of likely N-dealkylation sites (tertiary alicyclic amines) is 1. The Hall–Kier alpha value is -1.55. The molecule has 0 atom stereocenters. The van der Waals surface area contributed by atoms with Gasteiger partial charge in [0.15, 0.2) is 0 Å². The number of carboxylic acid groups (broad SMARTS) is 1. The summed E-state index contributed by atoms with van der Waals surface area (Å²) < 4.78 is 5.57. The number of nitrogens with zero attached hydrogens (tertiary/aromatic N) is 1. The second-order valence-corrected chi connectivity index (χ2v) is 4.55. The van der Waals surface area contributed by atoms with Crippen LogP contribution in [0.5, 0.6) is 5.75 Å². The van der Waals surface area contributed by atoms with E-state index in [9.17, 15) is 4.79 Å². The van der Waals surface area contributed by atoms with E-state index in [4.69, 9.17) is 9.84 Å². The molecule has 0 bridgehead atoms. The Labute approximate surface area is 101 Å². The molecule has 0 unspecified atom stereocenters. The number of rotatable bonds is 5. The molecule has 1 heterocycles. The van der Waals surface area contributed by atoms with Gasteiger partial charge >= 0.3 is 5.97 Å². The zero-order valence-electron chi connectivity index (χ0n) is 9.93. The fourth-order valence-electron chi connectivity index (χ4n) is 2.05. The maximum Gasteiger partial charge on any atom is 0.335 e. The maximum atomic E-state index is 10.6. The molecule has 0 radical (unpaired) electrons. The molecule has 1 aromatic carbocycles. The van der Waals surface area contributed by atoms with E-state index >= 15 is 0 Å². The van der Waals surface area contributed by atoms with E-state index in [1.54, 1.807) is 24.3 Å². The van der Waals surface area contributed by atoms with Crippen molar-refractivity contribution in [1.82, 2.24) is 4.90 Å². The monoisotopic (exact) mass is 235 g/mol. The minimum atomic E-state index is -0.908. The second-order valence-electron chi connectivity index (χ2n) is 4.55. The van der Waals surface area contributed by atoms with Gasteiger partial charge in [-0.05, 0) is 43.7 Å². The Morgan fingerprint density at radius 3 is 2.59 bits per heavy atom. The van der Waals surface area contributed by atoms with Crippen molar-refractivity contribution in [3.8, 4) is 5.75 Å².